The van der Waals surface area contributed by atoms with Gasteiger partial charge in [0.25, 0.3) is 5.91 Å². The lowest BCUT2D eigenvalue weighted by Gasteiger charge is -2.18. The molecule has 1 aromatic heterocycles. The topological polar surface area (TPSA) is 102 Å². The van der Waals surface area contributed by atoms with Crippen LogP contribution in [0.4, 0.5) is 10.1 Å². The van der Waals surface area contributed by atoms with Gasteiger partial charge in [0.2, 0.25) is 5.91 Å². The number of esters is 1. The van der Waals surface area contributed by atoms with Gasteiger partial charge in [0.05, 0.1) is 19.2 Å². The molecule has 0 aliphatic rings. The smallest absolute Gasteiger partial charge is 0.306 e. The summed E-state index contributed by atoms with van der Waals surface area (Å²) in [7, 11) is 1.46. The average molecular weight is 467 g/mol. The number of aryl methyl sites for hydroxylation is 3. The summed E-state index contributed by atoms with van der Waals surface area (Å²) >= 11 is 0. The van der Waals surface area contributed by atoms with E-state index in [9.17, 15) is 18.8 Å². The average Bonchev–Trinajstić information content (AvgIpc) is 3.28. The molecule has 0 fully saturated rings. The normalized spacial score (nSPS) is 10.6. The summed E-state index contributed by atoms with van der Waals surface area (Å²) in [5, 5.41) is 2.81. The van der Waals surface area contributed by atoms with Crippen LogP contribution in [0.15, 0.2) is 53.1 Å². The molecule has 0 saturated carbocycles. The minimum absolute atomic E-state index is 0.0343. The van der Waals surface area contributed by atoms with Gasteiger partial charge in [-0.3, -0.25) is 14.4 Å². The van der Waals surface area contributed by atoms with E-state index in [4.69, 9.17) is 9.15 Å². The van der Waals surface area contributed by atoms with Crippen LogP contribution in [0.1, 0.15) is 23.4 Å². The number of hydrogen-bond acceptors (Lipinski definition) is 6. The molecule has 0 spiro atoms. The predicted octanol–water partition coefficient (Wildman–Crippen LogP) is 3.67. The van der Waals surface area contributed by atoms with Gasteiger partial charge >= 0.3 is 5.97 Å². The standard InChI is InChI=1S/C25H26FN3O5/c1-16-5-4-6-17(2)25(16)28-21(30)14-29(3)23(31)15-33-24(32)12-11-22-27-13-20(34-22)18-7-9-19(26)10-8-18/h4-10,13H,11-12,14-15H2,1-3H3,(H,28,30). The lowest BCUT2D eigenvalue weighted by Crippen LogP contribution is -2.37. The highest BCUT2D eigenvalue weighted by atomic mass is 19.1. The summed E-state index contributed by atoms with van der Waals surface area (Å²) < 4.78 is 23.6. The lowest BCUT2D eigenvalue weighted by atomic mass is 10.1. The van der Waals surface area contributed by atoms with Crippen molar-refractivity contribution in [1.82, 2.24) is 9.88 Å². The number of rotatable bonds is 9. The van der Waals surface area contributed by atoms with Gasteiger partial charge in [0.15, 0.2) is 18.3 Å². The molecule has 3 aromatic rings. The highest BCUT2D eigenvalue weighted by Gasteiger charge is 2.17. The first-order chi connectivity index (χ1) is 16.2. The first-order valence-electron chi connectivity index (χ1n) is 10.7. The number of aromatic nitrogens is 1. The van der Waals surface area contributed by atoms with Crippen LogP contribution in [0, 0.1) is 19.7 Å². The molecule has 0 aliphatic heterocycles. The predicted molar refractivity (Wildman–Crippen MR) is 123 cm³/mol. The second kappa shape index (κ2) is 11.2. The van der Waals surface area contributed by atoms with Gasteiger partial charge in [-0.2, -0.15) is 0 Å². The molecule has 0 atom stereocenters. The SMILES string of the molecule is Cc1cccc(C)c1NC(=O)CN(C)C(=O)COC(=O)CCc1ncc(-c2ccc(F)cc2)o1. The maximum atomic E-state index is 13.0. The van der Waals surface area contributed by atoms with Crippen LogP contribution < -0.4 is 5.32 Å². The molecular weight excluding hydrogens is 441 g/mol. The van der Waals surface area contributed by atoms with Gasteiger partial charge in [-0.15, -0.1) is 0 Å². The third-order valence-corrected chi connectivity index (χ3v) is 5.13. The van der Waals surface area contributed by atoms with Crippen LogP contribution in [-0.2, 0) is 25.5 Å². The molecule has 2 aromatic carbocycles. The van der Waals surface area contributed by atoms with Gasteiger partial charge < -0.3 is 19.4 Å². The van der Waals surface area contributed by atoms with Crippen molar-refractivity contribution in [2.75, 3.05) is 25.5 Å². The van der Waals surface area contributed by atoms with E-state index in [1.807, 2.05) is 32.0 Å². The molecule has 0 bridgehead atoms. The lowest BCUT2D eigenvalue weighted by molar-refractivity contribution is -0.151. The Balaban J connectivity index is 1.41. The van der Waals surface area contributed by atoms with Crippen molar-refractivity contribution < 1.29 is 27.9 Å². The van der Waals surface area contributed by atoms with Gasteiger partial charge in [0, 0.05) is 24.7 Å². The molecule has 0 saturated heterocycles. The van der Waals surface area contributed by atoms with E-state index in [1.54, 1.807) is 12.1 Å². The van der Waals surface area contributed by atoms with Crippen LogP contribution in [0.5, 0.6) is 0 Å². The van der Waals surface area contributed by atoms with Crippen LogP contribution in [0.25, 0.3) is 11.3 Å². The van der Waals surface area contributed by atoms with E-state index < -0.39 is 18.5 Å². The zero-order chi connectivity index (χ0) is 24.7. The summed E-state index contributed by atoms with van der Waals surface area (Å²) in [4.78, 5) is 41.8. The van der Waals surface area contributed by atoms with Gasteiger partial charge in [-0.1, -0.05) is 18.2 Å². The van der Waals surface area contributed by atoms with Crippen molar-refractivity contribution in [1.29, 1.82) is 0 Å². The molecular formula is C25H26FN3O5. The number of carbonyl (C=O) groups excluding carboxylic acids is 3. The van der Waals surface area contributed by atoms with Gasteiger partial charge in [-0.25, -0.2) is 9.37 Å². The molecule has 0 unspecified atom stereocenters. The van der Waals surface area contributed by atoms with Crippen molar-refractivity contribution in [3.8, 4) is 11.3 Å². The van der Waals surface area contributed by atoms with Crippen LogP contribution in [-0.4, -0.2) is 47.9 Å². The molecule has 0 aliphatic carbocycles. The van der Waals surface area contributed by atoms with Crippen LogP contribution in [0.3, 0.4) is 0 Å². The molecule has 1 N–H and O–H groups in total. The number of nitrogens with zero attached hydrogens (tertiary/aromatic N) is 2. The molecule has 2 amide bonds. The maximum Gasteiger partial charge on any atom is 0.306 e. The third-order valence-electron chi connectivity index (χ3n) is 5.13. The number of oxazole rings is 1. The number of ether oxygens (including phenoxy) is 1. The molecule has 34 heavy (non-hydrogen) atoms. The molecule has 8 nitrogen and oxygen atoms in total. The summed E-state index contributed by atoms with van der Waals surface area (Å²) in [5.41, 5.74) is 3.23. The van der Waals surface area contributed by atoms with Crippen LogP contribution >= 0.6 is 0 Å². The number of anilines is 1. The van der Waals surface area contributed by atoms with Crippen molar-refractivity contribution in [2.45, 2.75) is 26.7 Å². The Morgan fingerprint density at radius 3 is 2.44 bits per heavy atom. The Bertz CT molecular complexity index is 1150. The number of likely N-dealkylation sites (N-methyl/N-ethyl adjacent to an activating group) is 1. The number of halogens is 1. The van der Waals surface area contributed by atoms with E-state index >= 15 is 0 Å². The van der Waals surface area contributed by atoms with Crippen LogP contribution in [0.2, 0.25) is 0 Å². The molecule has 178 valence electrons. The maximum absolute atomic E-state index is 13.0. The minimum Gasteiger partial charge on any atom is -0.456 e. The highest BCUT2D eigenvalue weighted by molar-refractivity contribution is 5.96. The molecule has 9 heteroatoms. The fourth-order valence-electron chi connectivity index (χ4n) is 3.20. The Hall–Kier alpha value is -4.01. The van der Waals surface area contributed by atoms with Crippen molar-refractivity contribution in [3.05, 3.63) is 71.5 Å². The Kier molecular flexibility index (Phi) is 8.13. The number of nitrogens with one attached hydrogen (secondary N) is 1. The number of carbonyl (C=O) groups is 3. The fourth-order valence-corrected chi connectivity index (χ4v) is 3.20. The Labute approximate surface area is 196 Å². The van der Waals surface area contributed by atoms with E-state index in [-0.39, 0.29) is 31.1 Å². The quantitative estimate of drug-likeness (QED) is 0.482. The van der Waals surface area contributed by atoms with E-state index in [0.29, 0.717) is 22.9 Å². The van der Waals surface area contributed by atoms with Gasteiger partial charge in [0.1, 0.15) is 5.82 Å². The number of para-hydroxylation sites is 1. The van der Waals surface area contributed by atoms with E-state index in [1.165, 1.54) is 30.3 Å². The molecule has 1 heterocycles. The summed E-state index contributed by atoms with van der Waals surface area (Å²) in [6, 6.07) is 11.4. The zero-order valence-corrected chi connectivity index (χ0v) is 19.3. The Morgan fingerprint density at radius 2 is 1.76 bits per heavy atom. The van der Waals surface area contributed by atoms with E-state index in [2.05, 4.69) is 10.3 Å². The van der Waals surface area contributed by atoms with Gasteiger partial charge in [-0.05, 0) is 49.2 Å². The second-order valence-electron chi connectivity index (χ2n) is 7.85. The molecule has 0 radical (unpaired) electrons. The first kappa shape index (κ1) is 24.6. The Morgan fingerprint density at radius 1 is 1.09 bits per heavy atom. The van der Waals surface area contributed by atoms with E-state index in [0.717, 1.165) is 11.1 Å². The monoisotopic (exact) mass is 467 g/mol. The second-order valence-corrected chi connectivity index (χ2v) is 7.85. The minimum atomic E-state index is -0.594. The number of amides is 2. The summed E-state index contributed by atoms with van der Waals surface area (Å²) in [6.07, 6.45) is 1.64. The summed E-state index contributed by atoms with van der Waals surface area (Å²) in [6.45, 7) is 3.13. The molecule has 3 rings (SSSR count). The first-order valence-corrected chi connectivity index (χ1v) is 10.7. The largest absolute Gasteiger partial charge is 0.456 e. The number of benzene rings is 2. The highest BCUT2D eigenvalue weighted by Crippen LogP contribution is 2.21. The van der Waals surface area contributed by atoms with Crippen molar-refractivity contribution >= 4 is 23.5 Å². The zero-order valence-electron chi connectivity index (χ0n) is 19.3. The summed E-state index contributed by atoms with van der Waals surface area (Å²) in [5.74, 6) is -1.01. The van der Waals surface area contributed by atoms with Crippen molar-refractivity contribution in [2.24, 2.45) is 0 Å². The third kappa shape index (κ3) is 6.74. The fraction of sp³-hybridized carbons (Fsp3) is 0.280. The number of hydrogen-bond donors (Lipinski definition) is 1. The van der Waals surface area contributed by atoms with Crippen molar-refractivity contribution in [3.63, 3.8) is 0 Å².